The fraction of sp³-hybridized carbons (Fsp3) is 0.263. The third-order valence-electron chi connectivity index (χ3n) is 4.21. The van der Waals surface area contributed by atoms with E-state index in [9.17, 15) is 14.7 Å². The van der Waals surface area contributed by atoms with Gasteiger partial charge in [0.05, 0.1) is 11.1 Å². The number of carbonyl (C=O) groups is 2. The van der Waals surface area contributed by atoms with Crippen LogP contribution in [-0.4, -0.2) is 32.9 Å². The summed E-state index contributed by atoms with van der Waals surface area (Å²) in [6, 6.07) is 7.14. The van der Waals surface area contributed by atoms with Gasteiger partial charge < -0.3 is 10.8 Å². The van der Waals surface area contributed by atoms with Crippen LogP contribution in [0.3, 0.4) is 0 Å². The van der Waals surface area contributed by atoms with E-state index in [0.717, 1.165) is 21.3 Å². The lowest BCUT2D eigenvalue weighted by atomic mass is 9.97. The summed E-state index contributed by atoms with van der Waals surface area (Å²) in [5.41, 5.74) is 7.83. The van der Waals surface area contributed by atoms with E-state index in [1.54, 1.807) is 18.2 Å². The quantitative estimate of drug-likeness (QED) is 0.547. The van der Waals surface area contributed by atoms with Crippen LogP contribution >= 0.6 is 22.9 Å². The second-order valence-corrected chi connectivity index (χ2v) is 8.09. The number of nitrogens with one attached hydrogen (secondary N) is 1. The van der Waals surface area contributed by atoms with E-state index in [1.807, 2.05) is 19.9 Å². The fourth-order valence-electron chi connectivity index (χ4n) is 2.88. The van der Waals surface area contributed by atoms with Gasteiger partial charge in [0.25, 0.3) is 5.91 Å². The molecule has 0 unspecified atom stereocenters. The van der Waals surface area contributed by atoms with Crippen LogP contribution in [0.1, 0.15) is 43.9 Å². The lowest BCUT2D eigenvalue weighted by Crippen LogP contribution is -2.16. The van der Waals surface area contributed by atoms with Crippen molar-refractivity contribution in [3.8, 4) is 10.4 Å². The first kappa shape index (κ1) is 20.1. The standard InChI is InChI=1S/C19H20N4O3S2/c1-3-15-21-19(28-23-15)22-18(26)13-9-14(27-10(13)2)12-6-4-5-11(7-8-24)16(12)17(20)25/h4-6,9,24H,3,7-8H2,1-2H3,(H2,20,25)(H,21,22,23,26). The highest BCUT2D eigenvalue weighted by Crippen LogP contribution is 2.35. The average molecular weight is 417 g/mol. The van der Waals surface area contributed by atoms with E-state index >= 15 is 0 Å². The van der Waals surface area contributed by atoms with Gasteiger partial charge in [-0.25, -0.2) is 4.98 Å². The third kappa shape index (κ3) is 4.11. The summed E-state index contributed by atoms with van der Waals surface area (Å²) in [4.78, 5) is 30.5. The van der Waals surface area contributed by atoms with Gasteiger partial charge in [0.1, 0.15) is 5.82 Å². The maximum atomic E-state index is 12.7. The Hall–Kier alpha value is -2.62. The summed E-state index contributed by atoms with van der Waals surface area (Å²) < 4.78 is 4.16. The SMILES string of the molecule is CCc1nsc(NC(=O)c2cc(-c3cccc(CCO)c3C(N)=O)sc2C)n1. The van der Waals surface area contributed by atoms with E-state index in [0.29, 0.717) is 46.1 Å². The molecule has 7 nitrogen and oxygen atoms in total. The van der Waals surface area contributed by atoms with Crippen LogP contribution in [-0.2, 0) is 12.8 Å². The second-order valence-electron chi connectivity index (χ2n) is 6.08. The molecule has 3 rings (SSSR count). The molecule has 28 heavy (non-hydrogen) atoms. The average Bonchev–Trinajstić information content (AvgIpc) is 3.27. The van der Waals surface area contributed by atoms with Crippen molar-refractivity contribution in [2.75, 3.05) is 11.9 Å². The minimum atomic E-state index is -0.558. The van der Waals surface area contributed by atoms with Gasteiger partial charge in [-0.2, -0.15) is 4.37 Å². The summed E-state index contributed by atoms with van der Waals surface area (Å²) >= 11 is 2.56. The molecule has 0 spiro atoms. The molecular formula is C19H20N4O3S2. The van der Waals surface area contributed by atoms with Gasteiger partial charge in [0.15, 0.2) is 0 Å². The van der Waals surface area contributed by atoms with Crippen molar-refractivity contribution in [1.82, 2.24) is 9.36 Å². The molecule has 146 valence electrons. The number of aliphatic hydroxyl groups excluding tert-OH is 1. The van der Waals surface area contributed by atoms with Crippen molar-refractivity contribution in [1.29, 1.82) is 0 Å². The highest BCUT2D eigenvalue weighted by Gasteiger charge is 2.20. The summed E-state index contributed by atoms with van der Waals surface area (Å²) in [5, 5.41) is 12.5. The number of hydrogen-bond acceptors (Lipinski definition) is 7. The van der Waals surface area contributed by atoms with Crippen LogP contribution < -0.4 is 11.1 Å². The van der Waals surface area contributed by atoms with E-state index < -0.39 is 5.91 Å². The molecule has 0 atom stereocenters. The summed E-state index contributed by atoms with van der Waals surface area (Å²) in [6.45, 7) is 3.72. The molecule has 0 fully saturated rings. The number of aliphatic hydroxyl groups is 1. The Morgan fingerprint density at radius 1 is 1.32 bits per heavy atom. The third-order valence-corrected chi connectivity index (χ3v) is 5.96. The molecule has 0 saturated heterocycles. The Morgan fingerprint density at radius 3 is 2.75 bits per heavy atom. The Morgan fingerprint density at radius 2 is 2.11 bits per heavy atom. The predicted octanol–water partition coefficient (Wildman–Crippen LogP) is 3.02. The van der Waals surface area contributed by atoms with E-state index in [4.69, 9.17) is 5.73 Å². The van der Waals surface area contributed by atoms with Gasteiger partial charge in [-0.05, 0) is 25.0 Å². The number of benzene rings is 1. The van der Waals surface area contributed by atoms with Crippen molar-refractivity contribution >= 4 is 39.8 Å². The lowest BCUT2D eigenvalue weighted by molar-refractivity contribution is 0.0997. The molecule has 4 N–H and O–H groups in total. The number of nitrogens with zero attached hydrogens (tertiary/aromatic N) is 2. The predicted molar refractivity (Wildman–Crippen MR) is 111 cm³/mol. The lowest BCUT2D eigenvalue weighted by Gasteiger charge is -2.10. The molecule has 2 amide bonds. The molecule has 2 aromatic heterocycles. The van der Waals surface area contributed by atoms with Crippen LogP contribution in [0.2, 0.25) is 0 Å². The highest BCUT2D eigenvalue weighted by molar-refractivity contribution is 7.16. The normalized spacial score (nSPS) is 10.8. The van der Waals surface area contributed by atoms with Gasteiger partial charge in [-0.15, -0.1) is 11.3 Å². The Bertz CT molecular complexity index is 1030. The Balaban J connectivity index is 1.95. The first-order valence-corrected chi connectivity index (χ1v) is 10.3. The van der Waals surface area contributed by atoms with Crippen LogP contribution in [0.25, 0.3) is 10.4 Å². The highest BCUT2D eigenvalue weighted by atomic mass is 32.1. The number of aryl methyl sites for hydroxylation is 2. The monoisotopic (exact) mass is 416 g/mol. The van der Waals surface area contributed by atoms with E-state index in [-0.39, 0.29) is 12.5 Å². The van der Waals surface area contributed by atoms with Gasteiger partial charge in [-0.1, -0.05) is 25.1 Å². The van der Waals surface area contributed by atoms with E-state index in [1.165, 1.54) is 11.3 Å². The molecule has 2 heterocycles. The molecule has 3 aromatic rings. The minimum absolute atomic E-state index is 0.0809. The van der Waals surface area contributed by atoms with Crippen LogP contribution in [0.15, 0.2) is 24.3 Å². The van der Waals surface area contributed by atoms with Crippen molar-refractivity contribution in [3.05, 3.63) is 51.7 Å². The van der Waals surface area contributed by atoms with E-state index in [2.05, 4.69) is 14.7 Å². The van der Waals surface area contributed by atoms with Crippen molar-refractivity contribution in [2.24, 2.45) is 5.73 Å². The van der Waals surface area contributed by atoms with Crippen molar-refractivity contribution in [2.45, 2.75) is 26.7 Å². The first-order valence-electron chi connectivity index (χ1n) is 8.71. The van der Waals surface area contributed by atoms with Gasteiger partial charge >= 0.3 is 0 Å². The van der Waals surface area contributed by atoms with Crippen molar-refractivity contribution in [3.63, 3.8) is 0 Å². The number of thiophene rings is 1. The zero-order valence-corrected chi connectivity index (χ0v) is 17.1. The maximum Gasteiger partial charge on any atom is 0.258 e. The zero-order valence-electron chi connectivity index (χ0n) is 15.5. The molecule has 0 radical (unpaired) electrons. The molecule has 1 aromatic carbocycles. The minimum Gasteiger partial charge on any atom is -0.396 e. The fourth-order valence-corrected chi connectivity index (χ4v) is 4.57. The first-order chi connectivity index (χ1) is 13.4. The van der Waals surface area contributed by atoms with Gasteiger partial charge in [0, 0.05) is 39.9 Å². The topological polar surface area (TPSA) is 118 Å². The number of rotatable bonds is 7. The molecule has 0 saturated carbocycles. The molecular weight excluding hydrogens is 396 g/mol. The smallest absolute Gasteiger partial charge is 0.258 e. The number of nitrogens with two attached hydrogens (primary N) is 1. The zero-order chi connectivity index (χ0) is 20.3. The van der Waals surface area contributed by atoms with Crippen LogP contribution in [0, 0.1) is 6.92 Å². The number of amides is 2. The largest absolute Gasteiger partial charge is 0.396 e. The van der Waals surface area contributed by atoms with Gasteiger partial charge in [0.2, 0.25) is 11.0 Å². The number of aromatic nitrogens is 2. The molecule has 0 aliphatic carbocycles. The molecule has 0 aliphatic heterocycles. The molecule has 9 heteroatoms. The second kappa shape index (κ2) is 8.59. The molecule has 0 bridgehead atoms. The summed E-state index contributed by atoms with van der Waals surface area (Å²) in [5.74, 6) is -0.141. The number of hydrogen-bond donors (Lipinski definition) is 3. The Kier molecular flexibility index (Phi) is 6.18. The number of anilines is 1. The molecule has 0 aliphatic rings. The summed E-state index contributed by atoms with van der Waals surface area (Å²) in [6.07, 6.45) is 1.04. The van der Waals surface area contributed by atoms with Crippen molar-refractivity contribution < 1.29 is 14.7 Å². The number of primary amides is 1. The maximum absolute atomic E-state index is 12.7. The summed E-state index contributed by atoms with van der Waals surface area (Å²) in [7, 11) is 0. The van der Waals surface area contributed by atoms with Crippen LogP contribution in [0.4, 0.5) is 5.13 Å². The van der Waals surface area contributed by atoms with Gasteiger partial charge in [-0.3, -0.25) is 14.9 Å². The number of carbonyl (C=O) groups excluding carboxylic acids is 2. The van der Waals surface area contributed by atoms with Crippen LogP contribution in [0.5, 0.6) is 0 Å². The Labute approximate surface area is 170 Å².